The van der Waals surface area contributed by atoms with Gasteiger partial charge in [-0.1, -0.05) is 42.5 Å². The van der Waals surface area contributed by atoms with Crippen molar-refractivity contribution in [3.63, 3.8) is 0 Å². The third-order valence-corrected chi connectivity index (χ3v) is 8.93. The lowest BCUT2D eigenvalue weighted by Crippen LogP contribution is -2.40. The van der Waals surface area contributed by atoms with Crippen molar-refractivity contribution in [2.24, 2.45) is 0 Å². The fourth-order valence-electron chi connectivity index (χ4n) is 6.35. The molecule has 1 fully saturated rings. The van der Waals surface area contributed by atoms with Crippen molar-refractivity contribution >= 4 is 22.9 Å². The lowest BCUT2D eigenvalue weighted by molar-refractivity contribution is 0.0782. The number of hydrogen-bond donors (Lipinski definition) is 1. The molecule has 5 aromatic rings. The summed E-state index contributed by atoms with van der Waals surface area (Å²) in [4.78, 5) is 22.5. The quantitative estimate of drug-likeness (QED) is 0.168. The first kappa shape index (κ1) is 30.5. The van der Waals surface area contributed by atoms with Crippen LogP contribution in [0.5, 0.6) is 5.75 Å². The normalized spacial score (nSPS) is 14.8. The number of fused-ring (bicyclic) bond motifs is 1. The highest BCUT2D eigenvalue weighted by Crippen LogP contribution is 2.27. The van der Waals surface area contributed by atoms with Crippen molar-refractivity contribution in [3.05, 3.63) is 114 Å². The van der Waals surface area contributed by atoms with Crippen LogP contribution in [0.3, 0.4) is 0 Å². The molecule has 0 radical (unpaired) electrons. The molecule has 1 saturated heterocycles. The van der Waals surface area contributed by atoms with Gasteiger partial charge in [-0.15, -0.1) is 0 Å². The number of nitrogens with zero attached hydrogens (tertiary/aromatic N) is 4. The minimum atomic E-state index is 0.0502. The van der Waals surface area contributed by atoms with Crippen LogP contribution < -0.4 is 10.1 Å². The first-order valence-electron chi connectivity index (χ1n) is 15.9. The number of anilines is 1. The summed E-state index contributed by atoms with van der Waals surface area (Å²) in [7, 11) is 3.59. The third-order valence-electron chi connectivity index (χ3n) is 8.93. The number of furan rings is 1. The average molecular weight is 606 g/mol. The number of ether oxygens (including phenoxy) is 1. The number of amides is 1. The summed E-state index contributed by atoms with van der Waals surface area (Å²) in [6, 6.07) is 30.5. The van der Waals surface area contributed by atoms with Crippen LogP contribution in [0.1, 0.15) is 52.6 Å². The predicted octanol–water partition coefficient (Wildman–Crippen LogP) is 6.82. The predicted molar refractivity (Wildman–Crippen MR) is 179 cm³/mol. The van der Waals surface area contributed by atoms with Crippen LogP contribution in [0.25, 0.3) is 11.0 Å². The zero-order valence-electron chi connectivity index (χ0n) is 26.5. The smallest absolute Gasteiger partial charge is 0.253 e. The molecule has 8 heteroatoms. The van der Waals surface area contributed by atoms with E-state index in [0.717, 1.165) is 78.7 Å². The zero-order valence-corrected chi connectivity index (χ0v) is 26.5. The standard InChI is InChI=1S/C37H43N5O3/c1-27-13-16-33(45-27)26-42-35-12-8-7-11-34(35)39-37(42)38-31-20-23-41(24-21-31)22-19-30(28-14-17-32(44-3)18-15-28)25-40(2)36(43)29-9-5-4-6-10-29/h4-18,30-31H,19-26H2,1-3H3,(H,38,39). The van der Waals surface area contributed by atoms with Gasteiger partial charge in [-0.05, 0) is 86.8 Å². The van der Waals surface area contributed by atoms with Crippen molar-refractivity contribution in [2.75, 3.05) is 45.7 Å². The zero-order chi connectivity index (χ0) is 31.2. The van der Waals surface area contributed by atoms with Gasteiger partial charge in [0.25, 0.3) is 5.91 Å². The van der Waals surface area contributed by atoms with Crippen LogP contribution >= 0.6 is 0 Å². The Morgan fingerprint density at radius 2 is 1.73 bits per heavy atom. The minimum Gasteiger partial charge on any atom is -0.497 e. The molecule has 1 N–H and O–H groups in total. The molecule has 0 saturated carbocycles. The number of imidazole rings is 1. The number of benzene rings is 3. The Morgan fingerprint density at radius 1 is 1.00 bits per heavy atom. The van der Waals surface area contributed by atoms with Gasteiger partial charge in [-0.25, -0.2) is 4.98 Å². The lowest BCUT2D eigenvalue weighted by Gasteiger charge is -2.34. The van der Waals surface area contributed by atoms with Crippen LogP contribution in [-0.2, 0) is 6.54 Å². The fraction of sp³-hybridized carbons (Fsp3) is 0.351. The lowest BCUT2D eigenvalue weighted by atomic mass is 9.94. The van der Waals surface area contributed by atoms with Crippen LogP contribution in [0.4, 0.5) is 5.95 Å². The molecule has 1 aliphatic rings. The number of methoxy groups -OCH3 is 1. The Hall–Kier alpha value is -4.56. The van der Waals surface area contributed by atoms with Gasteiger partial charge >= 0.3 is 0 Å². The van der Waals surface area contributed by atoms with E-state index < -0.39 is 0 Å². The summed E-state index contributed by atoms with van der Waals surface area (Å²) in [5.74, 6) is 3.85. The SMILES string of the molecule is COc1ccc(C(CCN2CCC(Nc3nc4ccccc4n3Cc3ccc(C)o3)CC2)CN(C)C(=O)c2ccccc2)cc1. The number of rotatable bonds is 12. The number of carbonyl (C=O) groups is 1. The highest BCUT2D eigenvalue weighted by molar-refractivity contribution is 5.94. The maximum Gasteiger partial charge on any atom is 0.253 e. The summed E-state index contributed by atoms with van der Waals surface area (Å²) in [6.07, 6.45) is 3.06. The molecule has 3 aromatic carbocycles. The molecule has 3 heterocycles. The summed E-state index contributed by atoms with van der Waals surface area (Å²) in [5, 5.41) is 3.77. The van der Waals surface area contributed by atoms with Crippen molar-refractivity contribution < 1.29 is 13.9 Å². The van der Waals surface area contributed by atoms with E-state index in [1.54, 1.807) is 7.11 Å². The van der Waals surface area contributed by atoms with Gasteiger partial charge in [-0.2, -0.15) is 0 Å². The number of likely N-dealkylation sites (N-methyl/N-ethyl adjacent to an activating group) is 1. The highest BCUT2D eigenvalue weighted by atomic mass is 16.5. The van der Waals surface area contributed by atoms with E-state index in [0.29, 0.717) is 19.1 Å². The van der Waals surface area contributed by atoms with Gasteiger partial charge in [0, 0.05) is 44.2 Å². The Bertz CT molecular complexity index is 1690. The molecule has 1 aliphatic heterocycles. The summed E-state index contributed by atoms with van der Waals surface area (Å²) < 4.78 is 13.5. The summed E-state index contributed by atoms with van der Waals surface area (Å²) in [5.41, 5.74) is 4.04. The number of likely N-dealkylation sites (tertiary alicyclic amines) is 1. The Kier molecular flexibility index (Phi) is 9.50. The molecule has 0 aliphatic carbocycles. The topological polar surface area (TPSA) is 75.8 Å². The number of hydrogen-bond acceptors (Lipinski definition) is 6. The summed E-state index contributed by atoms with van der Waals surface area (Å²) in [6.45, 7) is 6.29. The molecule has 1 amide bonds. The fourth-order valence-corrected chi connectivity index (χ4v) is 6.35. The molecule has 8 nitrogen and oxygen atoms in total. The van der Waals surface area contributed by atoms with E-state index in [4.69, 9.17) is 14.1 Å². The van der Waals surface area contributed by atoms with Crippen molar-refractivity contribution in [2.45, 2.75) is 44.7 Å². The molecular formula is C37H43N5O3. The van der Waals surface area contributed by atoms with Crippen LogP contribution in [0.2, 0.25) is 0 Å². The van der Waals surface area contributed by atoms with Gasteiger partial charge in [-0.3, -0.25) is 4.79 Å². The Morgan fingerprint density at radius 3 is 2.44 bits per heavy atom. The van der Waals surface area contributed by atoms with E-state index in [-0.39, 0.29) is 11.8 Å². The Balaban J connectivity index is 1.08. The largest absolute Gasteiger partial charge is 0.497 e. The molecule has 0 spiro atoms. The maximum absolute atomic E-state index is 13.2. The molecule has 0 bridgehead atoms. The van der Waals surface area contributed by atoms with Gasteiger partial charge < -0.3 is 28.8 Å². The van der Waals surface area contributed by atoms with E-state index >= 15 is 0 Å². The number of para-hydroxylation sites is 2. The van der Waals surface area contributed by atoms with Crippen molar-refractivity contribution in [1.29, 1.82) is 0 Å². The second-order valence-electron chi connectivity index (χ2n) is 12.1. The van der Waals surface area contributed by atoms with Gasteiger partial charge in [0.05, 0.1) is 24.7 Å². The van der Waals surface area contributed by atoms with Crippen molar-refractivity contribution in [3.8, 4) is 5.75 Å². The molecular weight excluding hydrogens is 562 g/mol. The first-order valence-corrected chi connectivity index (χ1v) is 15.9. The highest BCUT2D eigenvalue weighted by Gasteiger charge is 2.24. The molecule has 234 valence electrons. The average Bonchev–Trinajstić information content (AvgIpc) is 3.65. The number of aromatic nitrogens is 2. The van der Waals surface area contributed by atoms with Crippen LogP contribution in [0, 0.1) is 6.92 Å². The van der Waals surface area contributed by atoms with E-state index in [9.17, 15) is 4.79 Å². The molecule has 6 rings (SSSR count). The number of piperidine rings is 1. The van der Waals surface area contributed by atoms with Crippen LogP contribution in [0.15, 0.2) is 95.4 Å². The van der Waals surface area contributed by atoms with Gasteiger partial charge in [0.2, 0.25) is 5.95 Å². The monoisotopic (exact) mass is 605 g/mol. The van der Waals surface area contributed by atoms with Gasteiger partial charge in [0.15, 0.2) is 0 Å². The second kappa shape index (κ2) is 14.0. The maximum atomic E-state index is 13.2. The number of carbonyl (C=O) groups excluding carboxylic acids is 1. The number of aryl methyl sites for hydroxylation is 1. The third kappa shape index (κ3) is 7.40. The first-order chi connectivity index (χ1) is 22.0. The molecule has 45 heavy (non-hydrogen) atoms. The minimum absolute atomic E-state index is 0.0502. The van der Waals surface area contributed by atoms with Crippen molar-refractivity contribution in [1.82, 2.24) is 19.4 Å². The Labute approximate surface area is 265 Å². The summed E-state index contributed by atoms with van der Waals surface area (Å²) >= 11 is 0. The van der Waals surface area contributed by atoms with E-state index in [1.165, 1.54) is 5.56 Å². The van der Waals surface area contributed by atoms with E-state index in [1.807, 2.05) is 79.5 Å². The van der Waals surface area contributed by atoms with Crippen LogP contribution in [-0.4, -0.2) is 71.6 Å². The molecule has 2 aromatic heterocycles. The molecule has 1 atom stereocenters. The van der Waals surface area contributed by atoms with E-state index in [2.05, 4.69) is 45.1 Å². The number of nitrogens with one attached hydrogen (secondary N) is 1. The molecule has 1 unspecified atom stereocenters. The van der Waals surface area contributed by atoms with Gasteiger partial charge in [0.1, 0.15) is 17.3 Å². The second-order valence-corrected chi connectivity index (χ2v) is 12.1.